The normalized spacial score (nSPS) is 26.3. The van der Waals surface area contributed by atoms with Crippen molar-refractivity contribution in [2.75, 3.05) is 19.6 Å². The maximum absolute atomic E-state index is 5.80. The number of hydrogen-bond acceptors (Lipinski definition) is 2. The quantitative estimate of drug-likeness (QED) is 0.725. The molecule has 2 N–H and O–H groups in total. The van der Waals surface area contributed by atoms with Crippen LogP contribution in [0, 0.1) is 5.92 Å². The fraction of sp³-hybridized carbons (Fsp3) is 1.00. The van der Waals surface area contributed by atoms with E-state index in [-0.39, 0.29) is 0 Å². The molecule has 1 fully saturated rings. The molecule has 0 bridgehead atoms. The minimum absolute atomic E-state index is 0.657. The second kappa shape index (κ2) is 5.61. The summed E-state index contributed by atoms with van der Waals surface area (Å²) in [5.41, 5.74) is 5.80. The van der Waals surface area contributed by atoms with E-state index in [1.165, 1.54) is 38.8 Å². The Balaban J connectivity index is 2.44. The molecule has 0 aromatic heterocycles. The summed E-state index contributed by atoms with van der Waals surface area (Å²) in [4.78, 5) is 2.59. The van der Waals surface area contributed by atoms with Crippen molar-refractivity contribution < 1.29 is 0 Å². The molecule has 0 spiro atoms. The Morgan fingerprint density at radius 2 is 2.08 bits per heavy atom. The fourth-order valence-electron chi connectivity index (χ4n) is 2.21. The molecule has 0 amide bonds. The third kappa shape index (κ3) is 3.65. The van der Waals surface area contributed by atoms with Crippen LogP contribution in [0.3, 0.4) is 0 Å². The average molecular weight is 184 g/mol. The molecular weight excluding hydrogens is 160 g/mol. The second-order valence-corrected chi connectivity index (χ2v) is 4.63. The lowest BCUT2D eigenvalue weighted by molar-refractivity contribution is 0.183. The molecular formula is C11H24N2. The van der Waals surface area contributed by atoms with Crippen molar-refractivity contribution in [3.63, 3.8) is 0 Å². The van der Waals surface area contributed by atoms with E-state index < -0.39 is 0 Å². The van der Waals surface area contributed by atoms with Gasteiger partial charge in [-0.05, 0) is 25.3 Å². The second-order valence-electron chi connectivity index (χ2n) is 4.63. The topological polar surface area (TPSA) is 29.3 Å². The molecule has 0 aromatic rings. The standard InChI is InChI=1S/C11H24N2/c1-10(2)9-13-7-5-3-4-6-11(13)8-12/h10-11H,3-9,12H2,1-2H3. The molecule has 1 aliphatic heterocycles. The first-order valence-electron chi connectivity index (χ1n) is 5.68. The molecule has 0 aromatic carbocycles. The molecule has 1 saturated heterocycles. The van der Waals surface area contributed by atoms with Gasteiger partial charge in [-0.3, -0.25) is 4.90 Å². The highest BCUT2D eigenvalue weighted by molar-refractivity contribution is 4.76. The summed E-state index contributed by atoms with van der Waals surface area (Å²) in [6, 6.07) is 0.657. The van der Waals surface area contributed by atoms with Crippen molar-refractivity contribution >= 4 is 0 Å². The highest BCUT2D eigenvalue weighted by atomic mass is 15.2. The summed E-state index contributed by atoms with van der Waals surface area (Å²) in [6.45, 7) is 7.91. The number of rotatable bonds is 3. The highest BCUT2D eigenvalue weighted by Crippen LogP contribution is 2.17. The number of hydrogen-bond donors (Lipinski definition) is 1. The Kier molecular flexibility index (Phi) is 4.74. The van der Waals surface area contributed by atoms with Gasteiger partial charge in [0.2, 0.25) is 0 Å². The molecule has 1 heterocycles. The molecule has 78 valence electrons. The Labute approximate surface area is 82.5 Å². The van der Waals surface area contributed by atoms with Gasteiger partial charge in [-0.25, -0.2) is 0 Å². The number of likely N-dealkylation sites (tertiary alicyclic amines) is 1. The molecule has 1 rings (SSSR count). The smallest absolute Gasteiger partial charge is 0.0218 e. The highest BCUT2D eigenvalue weighted by Gasteiger charge is 2.19. The first-order chi connectivity index (χ1) is 6.24. The maximum Gasteiger partial charge on any atom is 0.0218 e. The van der Waals surface area contributed by atoms with E-state index in [2.05, 4.69) is 18.7 Å². The third-order valence-corrected chi connectivity index (χ3v) is 2.87. The first kappa shape index (κ1) is 11.0. The van der Waals surface area contributed by atoms with E-state index in [0.717, 1.165) is 12.5 Å². The van der Waals surface area contributed by atoms with Crippen molar-refractivity contribution in [1.82, 2.24) is 4.90 Å². The lowest BCUT2D eigenvalue weighted by Gasteiger charge is -2.30. The molecule has 0 saturated carbocycles. The van der Waals surface area contributed by atoms with E-state index in [0.29, 0.717) is 6.04 Å². The molecule has 0 aliphatic carbocycles. The molecule has 13 heavy (non-hydrogen) atoms. The van der Waals surface area contributed by atoms with Crippen LogP contribution in [0.4, 0.5) is 0 Å². The zero-order valence-electron chi connectivity index (χ0n) is 9.13. The summed E-state index contributed by atoms with van der Waals surface area (Å²) < 4.78 is 0. The van der Waals surface area contributed by atoms with E-state index in [1.54, 1.807) is 0 Å². The summed E-state index contributed by atoms with van der Waals surface area (Å²) >= 11 is 0. The lowest BCUT2D eigenvalue weighted by atomic mass is 10.1. The van der Waals surface area contributed by atoms with Crippen LogP contribution in [0.5, 0.6) is 0 Å². The Morgan fingerprint density at radius 1 is 1.31 bits per heavy atom. The van der Waals surface area contributed by atoms with E-state index >= 15 is 0 Å². The number of nitrogens with zero attached hydrogens (tertiary/aromatic N) is 1. The van der Waals surface area contributed by atoms with E-state index in [9.17, 15) is 0 Å². The Hall–Kier alpha value is -0.0800. The summed E-state index contributed by atoms with van der Waals surface area (Å²) in [6.07, 6.45) is 5.44. The monoisotopic (exact) mass is 184 g/mol. The minimum Gasteiger partial charge on any atom is -0.329 e. The summed E-state index contributed by atoms with van der Waals surface area (Å²) in [5, 5.41) is 0. The predicted octanol–water partition coefficient (Wildman–Crippen LogP) is 1.85. The van der Waals surface area contributed by atoms with Crippen molar-refractivity contribution in [1.29, 1.82) is 0 Å². The SMILES string of the molecule is CC(C)CN1CCCCCC1CN. The van der Waals surface area contributed by atoms with Crippen LogP contribution in [0.25, 0.3) is 0 Å². The molecule has 2 nitrogen and oxygen atoms in total. The van der Waals surface area contributed by atoms with Gasteiger partial charge >= 0.3 is 0 Å². The predicted molar refractivity (Wildman–Crippen MR) is 57.7 cm³/mol. The molecule has 1 atom stereocenters. The summed E-state index contributed by atoms with van der Waals surface area (Å²) in [7, 11) is 0. The average Bonchev–Trinajstić information content (AvgIpc) is 2.28. The molecule has 2 heteroatoms. The number of nitrogens with two attached hydrogens (primary N) is 1. The van der Waals surface area contributed by atoms with Gasteiger partial charge in [0, 0.05) is 19.1 Å². The van der Waals surface area contributed by atoms with Crippen LogP contribution < -0.4 is 5.73 Å². The lowest BCUT2D eigenvalue weighted by Crippen LogP contribution is -2.42. The fourth-order valence-corrected chi connectivity index (χ4v) is 2.21. The van der Waals surface area contributed by atoms with Gasteiger partial charge in [-0.1, -0.05) is 26.7 Å². The van der Waals surface area contributed by atoms with E-state index in [1.807, 2.05) is 0 Å². The van der Waals surface area contributed by atoms with Crippen LogP contribution in [0.2, 0.25) is 0 Å². The van der Waals surface area contributed by atoms with Gasteiger partial charge in [0.1, 0.15) is 0 Å². The van der Waals surface area contributed by atoms with Crippen LogP contribution >= 0.6 is 0 Å². The van der Waals surface area contributed by atoms with Crippen LogP contribution in [0.1, 0.15) is 39.5 Å². The van der Waals surface area contributed by atoms with Gasteiger partial charge in [0.05, 0.1) is 0 Å². The van der Waals surface area contributed by atoms with Gasteiger partial charge in [-0.15, -0.1) is 0 Å². The maximum atomic E-state index is 5.80. The van der Waals surface area contributed by atoms with Gasteiger partial charge in [-0.2, -0.15) is 0 Å². The third-order valence-electron chi connectivity index (χ3n) is 2.87. The first-order valence-corrected chi connectivity index (χ1v) is 5.68. The Morgan fingerprint density at radius 3 is 2.69 bits per heavy atom. The van der Waals surface area contributed by atoms with Crippen LogP contribution in [-0.2, 0) is 0 Å². The van der Waals surface area contributed by atoms with Gasteiger partial charge < -0.3 is 5.73 Å². The van der Waals surface area contributed by atoms with Crippen molar-refractivity contribution in [2.45, 2.75) is 45.6 Å². The van der Waals surface area contributed by atoms with E-state index in [4.69, 9.17) is 5.73 Å². The van der Waals surface area contributed by atoms with Crippen LogP contribution in [0.15, 0.2) is 0 Å². The summed E-state index contributed by atoms with van der Waals surface area (Å²) in [5.74, 6) is 0.771. The van der Waals surface area contributed by atoms with Gasteiger partial charge in [0.25, 0.3) is 0 Å². The largest absolute Gasteiger partial charge is 0.329 e. The molecule has 0 radical (unpaired) electrons. The minimum atomic E-state index is 0.657. The zero-order valence-corrected chi connectivity index (χ0v) is 9.13. The van der Waals surface area contributed by atoms with Gasteiger partial charge in [0.15, 0.2) is 0 Å². The molecule has 1 unspecified atom stereocenters. The van der Waals surface area contributed by atoms with Crippen LogP contribution in [-0.4, -0.2) is 30.6 Å². The molecule has 1 aliphatic rings. The van der Waals surface area contributed by atoms with Crippen molar-refractivity contribution in [2.24, 2.45) is 11.7 Å². The van der Waals surface area contributed by atoms with Crippen molar-refractivity contribution in [3.8, 4) is 0 Å². The zero-order chi connectivity index (χ0) is 9.68. The van der Waals surface area contributed by atoms with Crippen molar-refractivity contribution in [3.05, 3.63) is 0 Å². The Bertz CT molecular complexity index is 134.